The average Bonchev–Trinajstić information content (AvgIpc) is 3.53. The Bertz CT molecular complexity index is 1210. The Balaban J connectivity index is 1.50. The maximum atomic E-state index is 13.2. The largest absolute Gasteiger partial charge is 0.376 e. The first-order valence-corrected chi connectivity index (χ1v) is 13.3. The minimum absolute atomic E-state index is 0.000868. The van der Waals surface area contributed by atoms with E-state index >= 15 is 0 Å². The number of hydrogen-bond donors (Lipinski definition) is 1. The molecule has 2 fully saturated rings. The van der Waals surface area contributed by atoms with E-state index < -0.39 is 0 Å². The van der Waals surface area contributed by atoms with Gasteiger partial charge in [-0.1, -0.05) is 37.8 Å². The zero-order chi connectivity index (χ0) is 24.4. The van der Waals surface area contributed by atoms with E-state index in [9.17, 15) is 4.79 Å². The number of pyridine rings is 1. The van der Waals surface area contributed by atoms with Crippen LogP contribution in [0.25, 0.3) is 10.9 Å². The molecule has 2 aliphatic rings. The first kappa shape index (κ1) is 24.1. The molecule has 2 aromatic heterocycles. The van der Waals surface area contributed by atoms with E-state index in [0.717, 1.165) is 66.6 Å². The van der Waals surface area contributed by atoms with Gasteiger partial charge in [0.15, 0.2) is 5.82 Å². The van der Waals surface area contributed by atoms with Crippen molar-refractivity contribution in [3.8, 4) is 0 Å². The van der Waals surface area contributed by atoms with Crippen molar-refractivity contribution in [3.63, 3.8) is 0 Å². The van der Waals surface area contributed by atoms with Crippen LogP contribution in [0.2, 0.25) is 0 Å². The maximum absolute atomic E-state index is 13.2. The van der Waals surface area contributed by atoms with Crippen molar-refractivity contribution in [2.45, 2.75) is 103 Å². The minimum atomic E-state index is -0.000868. The molecule has 35 heavy (non-hydrogen) atoms. The second-order valence-corrected chi connectivity index (χ2v) is 10.4. The van der Waals surface area contributed by atoms with Crippen LogP contribution >= 0.6 is 0 Å². The van der Waals surface area contributed by atoms with Crippen LogP contribution in [0, 0.1) is 13.8 Å². The molecule has 0 radical (unpaired) electrons. The van der Waals surface area contributed by atoms with E-state index in [1.165, 1.54) is 24.8 Å². The van der Waals surface area contributed by atoms with Crippen molar-refractivity contribution < 1.29 is 4.74 Å². The van der Waals surface area contributed by atoms with Gasteiger partial charge in [-0.3, -0.25) is 9.69 Å². The highest BCUT2D eigenvalue weighted by Crippen LogP contribution is 2.33. The molecule has 8 nitrogen and oxygen atoms in total. The monoisotopic (exact) mass is 478 g/mol. The van der Waals surface area contributed by atoms with Gasteiger partial charge < -0.3 is 9.72 Å². The molecule has 2 atom stereocenters. The molecule has 1 aliphatic heterocycles. The van der Waals surface area contributed by atoms with Gasteiger partial charge in [-0.15, -0.1) is 5.10 Å². The molecule has 1 N–H and O–H groups in total. The van der Waals surface area contributed by atoms with Crippen molar-refractivity contribution in [2.24, 2.45) is 0 Å². The molecule has 0 unspecified atom stereocenters. The van der Waals surface area contributed by atoms with Crippen molar-refractivity contribution >= 4 is 10.9 Å². The predicted molar refractivity (Wildman–Crippen MR) is 136 cm³/mol. The first-order chi connectivity index (χ1) is 17.0. The van der Waals surface area contributed by atoms with Gasteiger partial charge in [-0.25, -0.2) is 4.68 Å². The Morgan fingerprint density at radius 1 is 1.14 bits per heavy atom. The van der Waals surface area contributed by atoms with Crippen LogP contribution < -0.4 is 5.56 Å². The van der Waals surface area contributed by atoms with Gasteiger partial charge in [0.1, 0.15) is 0 Å². The van der Waals surface area contributed by atoms with Crippen LogP contribution in [0.1, 0.15) is 86.8 Å². The number of benzene rings is 1. The van der Waals surface area contributed by atoms with Crippen molar-refractivity contribution in [1.29, 1.82) is 0 Å². The third-order valence-electron chi connectivity index (χ3n) is 7.81. The number of aromatic nitrogens is 5. The summed E-state index contributed by atoms with van der Waals surface area (Å²) in [7, 11) is 0. The number of rotatable bonds is 8. The molecule has 188 valence electrons. The molecule has 1 saturated heterocycles. The Labute approximate surface area is 207 Å². The molecule has 3 aromatic rings. The van der Waals surface area contributed by atoms with Gasteiger partial charge in [0, 0.05) is 24.8 Å². The lowest BCUT2D eigenvalue weighted by atomic mass is 9.92. The smallest absolute Gasteiger partial charge is 0.252 e. The summed E-state index contributed by atoms with van der Waals surface area (Å²) in [6.07, 6.45) is 9.23. The second kappa shape index (κ2) is 10.6. The van der Waals surface area contributed by atoms with E-state index in [0.29, 0.717) is 19.1 Å². The molecule has 1 saturated carbocycles. The van der Waals surface area contributed by atoms with Gasteiger partial charge in [0.2, 0.25) is 0 Å². The molecule has 3 heterocycles. The average molecular weight is 479 g/mol. The number of fused-ring (bicyclic) bond motifs is 1. The molecule has 0 bridgehead atoms. The van der Waals surface area contributed by atoms with Crippen LogP contribution in [-0.2, 0) is 17.8 Å². The summed E-state index contributed by atoms with van der Waals surface area (Å²) in [5.74, 6) is 0.887. The number of ether oxygens (including phenoxy) is 1. The number of nitrogens with one attached hydrogen (secondary N) is 1. The number of H-pyrrole nitrogens is 1. The molecule has 1 aliphatic carbocycles. The number of aromatic amines is 1. The summed E-state index contributed by atoms with van der Waals surface area (Å²) >= 11 is 0. The summed E-state index contributed by atoms with van der Waals surface area (Å²) in [4.78, 5) is 18.9. The summed E-state index contributed by atoms with van der Waals surface area (Å²) in [5.41, 5.74) is 4.05. The molecular weight excluding hydrogens is 440 g/mol. The number of nitrogens with zero attached hydrogens (tertiary/aromatic N) is 5. The van der Waals surface area contributed by atoms with E-state index in [-0.39, 0.29) is 17.7 Å². The van der Waals surface area contributed by atoms with Crippen LogP contribution in [0.15, 0.2) is 23.0 Å². The summed E-state index contributed by atoms with van der Waals surface area (Å²) in [6, 6.07) is 6.82. The lowest BCUT2D eigenvalue weighted by molar-refractivity contribution is 0.0734. The van der Waals surface area contributed by atoms with Crippen LogP contribution in [0.3, 0.4) is 0 Å². The van der Waals surface area contributed by atoms with Crippen LogP contribution in [-0.4, -0.2) is 48.8 Å². The number of tetrazole rings is 1. The fraction of sp³-hybridized carbons (Fsp3) is 0.630. The lowest BCUT2D eigenvalue weighted by Gasteiger charge is -2.39. The fourth-order valence-electron chi connectivity index (χ4n) is 6.08. The Hall–Kier alpha value is -2.58. The first-order valence-electron chi connectivity index (χ1n) is 13.3. The van der Waals surface area contributed by atoms with E-state index in [1.54, 1.807) is 0 Å². The molecular formula is C27H38N6O2. The molecule has 1 aromatic carbocycles. The summed E-state index contributed by atoms with van der Waals surface area (Å²) in [6.45, 7) is 8.45. The number of aryl methyl sites for hydroxylation is 2. The van der Waals surface area contributed by atoms with Crippen LogP contribution in [0.4, 0.5) is 0 Å². The third-order valence-corrected chi connectivity index (χ3v) is 7.81. The summed E-state index contributed by atoms with van der Waals surface area (Å²) < 4.78 is 7.81. The Morgan fingerprint density at radius 2 is 1.97 bits per heavy atom. The van der Waals surface area contributed by atoms with Gasteiger partial charge in [-0.05, 0) is 79.5 Å². The molecule has 5 rings (SSSR count). The van der Waals surface area contributed by atoms with Gasteiger partial charge >= 0.3 is 0 Å². The van der Waals surface area contributed by atoms with Crippen molar-refractivity contribution in [3.05, 3.63) is 51.1 Å². The molecule has 0 spiro atoms. The molecule has 8 heteroatoms. The van der Waals surface area contributed by atoms with Crippen molar-refractivity contribution in [1.82, 2.24) is 30.1 Å². The van der Waals surface area contributed by atoms with E-state index in [4.69, 9.17) is 4.74 Å². The van der Waals surface area contributed by atoms with E-state index in [2.05, 4.69) is 64.4 Å². The highest BCUT2D eigenvalue weighted by atomic mass is 16.5. The summed E-state index contributed by atoms with van der Waals surface area (Å²) in [5, 5.41) is 14.0. The minimum Gasteiger partial charge on any atom is -0.376 e. The second-order valence-electron chi connectivity index (χ2n) is 10.4. The van der Waals surface area contributed by atoms with E-state index in [1.807, 2.05) is 4.68 Å². The molecule has 0 amide bonds. The highest BCUT2D eigenvalue weighted by Gasteiger charge is 2.32. The van der Waals surface area contributed by atoms with Crippen molar-refractivity contribution in [2.75, 3.05) is 6.61 Å². The fourth-order valence-corrected chi connectivity index (χ4v) is 6.08. The Morgan fingerprint density at radius 3 is 2.71 bits per heavy atom. The Kier molecular flexibility index (Phi) is 7.29. The lowest BCUT2D eigenvalue weighted by Crippen LogP contribution is -2.41. The zero-order valence-corrected chi connectivity index (χ0v) is 21.3. The quantitative estimate of drug-likeness (QED) is 0.509. The topological polar surface area (TPSA) is 88.9 Å². The van der Waals surface area contributed by atoms with Gasteiger partial charge in [0.05, 0.1) is 24.2 Å². The standard InChI is InChI=1S/C27H38N6O2/c1-4-24(26-29-30-31-33(26)17-23-11-8-12-35-23)32(22-9-6-5-7-10-22)16-21-15-20-14-18(2)13-19(3)25(20)28-27(21)34/h13-15,22-24H,4-12,16-17H2,1-3H3,(H,28,34)/t23-,24+/m0/s1. The predicted octanol–water partition coefficient (Wildman–Crippen LogP) is 4.60. The SMILES string of the molecule is CC[C@H](c1nnnn1C[C@@H]1CCCO1)N(Cc1cc2cc(C)cc(C)c2[nH]c1=O)C1CCCCC1. The third kappa shape index (κ3) is 5.19. The highest BCUT2D eigenvalue weighted by molar-refractivity contribution is 5.82. The van der Waals surface area contributed by atoms with Gasteiger partial charge in [-0.2, -0.15) is 0 Å². The van der Waals surface area contributed by atoms with Crippen LogP contribution in [0.5, 0.6) is 0 Å². The van der Waals surface area contributed by atoms with Gasteiger partial charge in [0.25, 0.3) is 5.56 Å². The maximum Gasteiger partial charge on any atom is 0.252 e. The normalized spacial score (nSPS) is 20.2. The zero-order valence-electron chi connectivity index (χ0n) is 21.3. The number of hydrogen-bond acceptors (Lipinski definition) is 6.